The number of ether oxygens (including phenoxy) is 1. The summed E-state index contributed by atoms with van der Waals surface area (Å²) in [6, 6.07) is 0. The fourth-order valence-electron chi connectivity index (χ4n) is 1.10. The van der Waals surface area contributed by atoms with E-state index in [-0.39, 0.29) is 18.9 Å². The zero-order chi connectivity index (χ0) is 12.0. The minimum atomic E-state index is -0.426. The van der Waals surface area contributed by atoms with E-state index in [0.29, 0.717) is 6.61 Å². The predicted octanol–water partition coefficient (Wildman–Crippen LogP) is 0.673. The van der Waals surface area contributed by atoms with Crippen LogP contribution in [0, 0.1) is 6.92 Å². The van der Waals surface area contributed by atoms with Gasteiger partial charge in [-0.3, -0.25) is 9.59 Å². The van der Waals surface area contributed by atoms with Gasteiger partial charge < -0.3 is 10.1 Å². The van der Waals surface area contributed by atoms with Crippen LogP contribution in [0.25, 0.3) is 0 Å². The summed E-state index contributed by atoms with van der Waals surface area (Å²) in [6.07, 6.45) is 0.198. The summed E-state index contributed by atoms with van der Waals surface area (Å²) in [4.78, 5) is 26.5. The van der Waals surface area contributed by atoms with Gasteiger partial charge in [-0.15, -0.1) is 11.3 Å². The second-order valence-corrected chi connectivity index (χ2v) is 4.18. The summed E-state index contributed by atoms with van der Waals surface area (Å²) >= 11 is 1.50. The van der Waals surface area contributed by atoms with Gasteiger partial charge >= 0.3 is 5.97 Å². The molecule has 0 unspecified atom stereocenters. The first-order valence-corrected chi connectivity index (χ1v) is 5.83. The summed E-state index contributed by atoms with van der Waals surface area (Å²) in [5.74, 6) is -0.649. The van der Waals surface area contributed by atoms with Gasteiger partial charge in [-0.2, -0.15) is 0 Å². The van der Waals surface area contributed by atoms with E-state index in [1.165, 1.54) is 11.3 Å². The zero-order valence-electron chi connectivity index (χ0n) is 9.28. The Bertz CT molecular complexity index is 376. The van der Waals surface area contributed by atoms with Crippen molar-refractivity contribution in [3.63, 3.8) is 0 Å². The van der Waals surface area contributed by atoms with Crippen LogP contribution in [0.5, 0.6) is 0 Å². The van der Waals surface area contributed by atoms with Crippen molar-refractivity contribution < 1.29 is 14.3 Å². The van der Waals surface area contributed by atoms with Crippen LogP contribution < -0.4 is 5.32 Å². The summed E-state index contributed by atoms with van der Waals surface area (Å²) in [7, 11) is 0. The van der Waals surface area contributed by atoms with E-state index in [9.17, 15) is 9.59 Å². The topological polar surface area (TPSA) is 68.3 Å². The molecule has 1 aromatic rings. The molecule has 0 bridgehead atoms. The SMILES string of the molecule is CCOC(=O)CNC(=O)Cc1csc(C)n1. The fourth-order valence-corrected chi connectivity index (χ4v) is 1.71. The largest absolute Gasteiger partial charge is 0.465 e. The molecule has 1 amide bonds. The number of amides is 1. The Morgan fingerprint density at radius 2 is 2.31 bits per heavy atom. The molecule has 0 aromatic carbocycles. The molecule has 16 heavy (non-hydrogen) atoms. The normalized spacial score (nSPS) is 9.88. The molecule has 0 atom stereocenters. The number of thiazole rings is 1. The number of nitrogens with zero attached hydrogens (tertiary/aromatic N) is 1. The minimum Gasteiger partial charge on any atom is -0.465 e. The van der Waals surface area contributed by atoms with Gasteiger partial charge in [-0.05, 0) is 13.8 Å². The third-order valence-electron chi connectivity index (χ3n) is 1.74. The van der Waals surface area contributed by atoms with Gasteiger partial charge in [0.05, 0.1) is 23.7 Å². The number of esters is 1. The maximum atomic E-state index is 11.4. The average molecular weight is 242 g/mol. The van der Waals surface area contributed by atoms with Crippen molar-refractivity contribution in [1.82, 2.24) is 10.3 Å². The second-order valence-electron chi connectivity index (χ2n) is 3.12. The standard InChI is InChI=1S/C10H14N2O3S/c1-3-15-10(14)5-11-9(13)4-8-6-16-7(2)12-8/h6H,3-5H2,1-2H3,(H,11,13). The van der Waals surface area contributed by atoms with Crippen molar-refractivity contribution in [3.05, 3.63) is 16.1 Å². The summed E-state index contributed by atoms with van der Waals surface area (Å²) in [5, 5.41) is 5.23. The Morgan fingerprint density at radius 1 is 1.56 bits per heavy atom. The Labute approximate surface area is 97.8 Å². The van der Waals surface area contributed by atoms with Crippen LogP contribution in [0.15, 0.2) is 5.38 Å². The van der Waals surface area contributed by atoms with E-state index in [1.807, 2.05) is 12.3 Å². The molecule has 0 radical (unpaired) electrons. The van der Waals surface area contributed by atoms with Crippen LogP contribution >= 0.6 is 11.3 Å². The fraction of sp³-hybridized carbons (Fsp3) is 0.500. The van der Waals surface area contributed by atoms with E-state index in [2.05, 4.69) is 15.0 Å². The molecule has 0 saturated heterocycles. The number of nitrogens with one attached hydrogen (secondary N) is 1. The highest BCUT2D eigenvalue weighted by Crippen LogP contribution is 2.07. The number of aromatic nitrogens is 1. The molecule has 0 spiro atoms. The lowest BCUT2D eigenvalue weighted by Gasteiger charge is -2.03. The predicted molar refractivity (Wildman–Crippen MR) is 60.2 cm³/mol. The number of carbonyl (C=O) groups excluding carboxylic acids is 2. The monoisotopic (exact) mass is 242 g/mol. The van der Waals surface area contributed by atoms with Gasteiger partial charge in [-0.1, -0.05) is 0 Å². The van der Waals surface area contributed by atoms with Crippen LogP contribution in [0.2, 0.25) is 0 Å². The summed E-state index contributed by atoms with van der Waals surface area (Å²) in [6.45, 7) is 3.83. The lowest BCUT2D eigenvalue weighted by molar-refractivity contribution is -0.143. The van der Waals surface area contributed by atoms with Crippen LogP contribution in [0.3, 0.4) is 0 Å². The number of hydrogen-bond donors (Lipinski definition) is 1. The average Bonchev–Trinajstić information content (AvgIpc) is 2.61. The molecule has 0 fully saturated rings. The van der Waals surface area contributed by atoms with Crippen molar-refractivity contribution in [2.75, 3.05) is 13.2 Å². The van der Waals surface area contributed by atoms with Crippen molar-refractivity contribution in [1.29, 1.82) is 0 Å². The van der Waals surface area contributed by atoms with E-state index >= 15 is 0 Å². The van der Waals surface area contributed by atoms with Crippen molar-refractivity contribution in [2.45, 2.75) is 20.3 Å². The molecule has 0 saturated carbocycles. The molecular formula is C10H14N2O3S. The third kappa shape index (κ3) is 4.39. The van der Waals surface area contributed by atoms with Crippen LogP contribution in [-0.4, -0.2) is 30.0 Å². The van der Waals surface area contributed by atoms with E-state index in [0.717, 1.165) is 10.7 Å². The van der Waals surface area contributed by atoms with Crippen molar-refractivity contribution in [2.24, 2.45) is 0 Å². The van der Waals surface area contributed by atoms with Gasteiger partial charge in [0.2, 0.25) is 5.91 Å². The number of hydrogen-bond acceptors (Lipinski definition) is 5. The summed E-state index contributed by atoms with van der Waals surface area (Å²) in [5.41, 5.74) is 0.726. The molecule has 0 aliphatic carbocycles. The Balaban J connectivity index is 2.28. The smallest absolute Gasteiger partial charge is 0.325 e. The minimum absolute atomic E-state index is 0.0875. The van der Waals surface area contributed by atoms with Gasteiger partial charge in [0.25, 0.3) is 0 Å². The van der Waals surface area contributed by atoms with E-state index in [4.69, 9.17) is 0 Å². The maximum absolute atomic E-state index is 11.4. The first kappa shape index (κ1) is 12.6. The zero-order valence-corrected chi connectivity index (χ0v) is 10.1. The van der Waals surface area contributed by atoms with Gasteiger partial charge in [0, 0.05) is 5.38 Å². The third-order valence-corrected chi connectivity index (χ3v) is 2.57. The quantitative estimate of drug-likeness (QED) is 0.771. The molecule has 0 aliphatic heterocycles. The van der Waals surface area contributed by atoms with E-state index < -0.39 is 5.97 Å². The van der Waals surface area contributed by atoms with Crippen LogP contribution in [0.1, 0.15) is 17.6 Å². The highest BCUT2D eigenvalue weighted by atomic mass is 32.1. The molecule has 0 aliphatic rings. The molecule has 1 N–H and O–H groups in total. The highest BCUT2D eigenvalue weighted by Gasteiger charge is 2.08. The van der Waals surface area contributed by atoms with Gasteiger partial charge in [0.15, 0.2) is 0 Å². The molecule has 88 valence electrons. The molecular weight excluding hydrogens is 228 g/mol. The first-order chi connectivity index (χ1) is 7.61. The Morgan fingerprint density at radius 3 is 2.88 bits per heavy atom. The molecule has 6 heteroatoms. The van der Waals surface area contributed by atoms with Crippen molar-refractivity contribution in [3.8, 4) is 0 Å². The lowest BCUT2D eigenvalue weighted by Crippen LogP contribution is -2.31. The lowest BCUT2D eigenvalue weighted by atomic mass is 10.3. The molecule has 1 rings (SSSR count). The van der Waals surface area contributed by atoms with Gasteiger partial charge in [-0.25, -0.2) is 4.98 Å². The second kappa shape index (κ2) is 6.22. The molecule has 1 aromatic heterocycles. The maximum Gasteiger partial charge on any atom is 0.325 e. The summed E-state index contributed by atoms with van der Waals surface area (Å²) < 4.78 is 4.68. The van der Waals surface area contributed by atoms with Crippen LogP contribution in [0.4, 0.5) is 0 Å². The Kier molecular flexibility index (Phi) is 4.91. The number of rotatable bonds is 5. The molecule has 5 nitrogen and oxygen atoms in total. The Hall–Kier alpha value is -1.43. The molecule has 1 heterocycles. The first-order valence-electron chi connectivity index (χ1n) is 4.95. The highest BCUT2D eigenvalue weighted by molar-refractivity contribution is 7.09. The van der Waals surface area contributed by atoms with Crippen molar-refractivity contribution >= 4 is 23.2 Å². The number of aryl methyl sites for hydroxylation is 1. The van der Waals surface area contributed by atoms with Crippen LogP contribution in [-0.2, 0) is 20.7 Å². The van der Waals surface area contributed by atoms with E-state index in [1.54, 1.807) is 6.92 Å². The number of carbonyl (C=O) groups is 2. The van der Waals surface area contributed by atoms with Gasteiger partial charge in [0.1, 0.15) is 6.54 Å².